The Labute approximate surface area is 186 Å². The van der Waals surface area contributed by atoms with E-state index in [2.05, 4.69) is 20.3 Å². The third-order valence-corrected chi connectivity index (χ3v) is 6.53. The maximum atomic E-state index is 14.2. The molecule has 0 amide bonds. The Morgan fingerprint density at radius 3 is 2.72 bits per heavy atom. The van der Waals surface area contributed by atoms with E-state index in [0.29, 0.717) is 33.1 Å². The molecule has 0 fully saturated rings. The van der Waals surface area contributed by atoms with Gasteiger partial charge in [0.1, 0.15) is 35.0 Å². The minimum absolute atomic E-state index is 0.00679. The number of hydrogen-bond acceptors (Lipinski definition) is 7. The van der Waals surface area contributed by atoms with Crippen LogP contribution < -0.4 is 5.73 Å². The van der Waals surface area contributed by atoms with Crippen LogP contribution in [0.3, 0.4) is 0 Å². The Hall–Kier alpha value is -3.92. The predicted molar refractivity (Wildman–Crippen MR) is 120 cm³/mol. The number of anilines is 1. The van der Waals surface area contributed by atoms with Crippen LogP contribution in [0.1, 0.15) is 35.3 Å². The van der Waals surface area contributed by atoms with Gasteiger partial charge in [0.2, 0.25) is 0 Å². The summed E-state index contributed by atoms with van der Waals surface area (Å²) in [5.74, 6) is -0.0270. The van der Waals surface area contributed by atoms with Crippen LogP contribution in [-0.2, 0) is 0 Å². The predicted octanol–water partition coefficient (Wildman–Crippen LogP) is 4.27. The van der Waals surface area contributed by atoms with E-state index >= 15 is 0 Å². The number of rotatable bonds is 5. The summed E-state index contributed by atoms with van der Waals surface area (Å²) in [6.45, 7) is 3.49. The van der Waals surface area contributed by atoms with Crippen molar-refractivity contribution < 1.29 is 9.18 Å². The Balaban J connectivity index is 1.61. The van der Waals surface area contributed by atoms with Crippen molar-refractivity contribution in [3.63, 3.8) is 0 Å². The van der Waals surface area contributed by atoms with Crippen LogP contribution in [0.2, 0.25) is 0 Å². The molecule has 5 rings (SSSR count). The van der Waals surface area contributed by atoms with Crippen molar-refractivity contribution in [2.75, 3.05) is 5.73 Å². The van der Waals surface area contributed by atoms with Gasteiger partial charge in [-0.25, -0.2) is 19.0 Å². The average molecular weight is 447 g/mol. The molecule has 32 heavy (non-hydrogen) atoms. The Morgan fingerprint density at radius 1 is 1.16 bits per heavy atom. The second-order valence-corrected chi connectivity index (χ2v) is 8.43. The van der Waals surface area contributed by atoms with Crippen LogP contribution in [0.5, 0.6) is 0 Å². The molecule has 1 atom stereocenters. The number of thiophene rings is 1. The molecule has 0 saturated heterocycles. The number of hydrogen-bond donors (Lipinski definition) is 1. The summed E-state index contributed by atoms with van der Waals surface area (Å²) < 4.78 is 17.5. The molecule has 5 aromatic rings. The lowest BCUT2D eigenvalue weighted by Crippen LogP contribution is -2.07. The van der Waals surface area contributed by atoms with Gasteiger partial charge in [-0.05, 0) is 38.1 Å². The molecular formula is C22H18FN7OS. The van der Waals surface area contributed by atoms with E-state index in [9.17, 15) is 9.18 Å². The quantitative estimate of drug-likeness (QED) is 0.404. The van der Waals surface area contributed by atoms with Crippen molar-refractivity contribution in [2.24, 2.45) is 0 Å². The number of benzene rings is 1. The van der Waals surface area contributed by atoms with Crippen LogP contribution >= 0.6 is 11.3 Å². The van der Waals surface area contributed by atoms with Gasteiger partial charge < -0.3 is 10.3 Å². The molecule has 0 spiro atoms. The first kappa shape index (κ1) is 20.0. The highest BCUT2D eigenvalue weighted by molar-refractivity contribution is 7.17. The van der Waals surface area contributed by atoms with Crippen LogP contribution in [-0.4, -0.2) is 35.3 Å². The van der Waals surface area contributed by atoms with Gasteiger partial charge in [-0.1, -0.05) is 17.3 Å². The second-order valence-electron chi connectivity index (χ2n) is 7.34. The summed E-state index contributed by atoms with van der Waals surface area (Å²) in [4.78, 5) is 21.9. The Morgan fingerprint density at radius 2 is 1.97 bits per heavy atom. The van der Waals surface area contributed by atoms with Gasteiger partial charge in [0, 0.05) is 16.6 Å². The fourth-order valence-electron chi connectivity index (χ4n) is 3.63. The lowest BCUT2D eigenvalue weighted by molar-refractivity contribution is 0.102. The van der Waals surface area contributed by atoms with E-state index in [1.54, 1.807) is 30.5 Å². The first-order valence-electron chi connectivity index (χ1n) is 9.83. The molecule has 4 aromatic heterocycles. The first-order valence-corrected chi connectivity index (χ1v) is 10.6. The molecular weight excluding hydrogens is 429 g/mol. The normalized spacial score (nSPS) is 12.3. The van der Waals surface area contributed by atoms with Gasteiger partial charge >= 0.3 is 0 Å². The lowest BCUT2D eigenvalue weighted by Gasteiger charge is -2.11. The fourth-order valence-corrected chi connectivity index (χ4v) is 4.55. The highest BCUT2D eigenvalue weighted by atomic mass is 32.1. The molecule has 10 heteroatoms. The van der Waals surface area contributed by atoms with Gasteiger partial charge in [0.25, 0.3) is 0 Å². The average Bonchev–Trinajstić information content (AvgIpc) is 3.52. The number of ketones is 1. The minimum Gasteiger partial charge on any atom is -0.383 e. The van der Waals surface area contributed by atoms with Gasteiger partial charge in [-0.2, -0.15) is 0 Å². The lowest BCUT2D eigenvalue weighted by atomic mass is 10.2. The SMILES string of the molecule is CC(=O)c1ccc(-c2cn(C(C)c3cn(-c4ccccc4F)nn3)c3ncnc(N)c23)s1. The number of nitrogens with zero attached hydrogens (tertiary/aromatic N) is 6. The number of aromatic nitrogens is 6. The molecule has 0 aliphatic carbocycles. The van der Waals surface area contributed by atoms with Crippen molar-refractivity contribution in [1.82, 2.24) is 29.5 Å². The molecule has 0 aliphatic rings. The number of nitrogen functional groups attached to an aromatic ring is 1. The second kappa shape index (κ2) is 7.65. The number of Topliss-reactive ketones (excluding diaryl/α,β-unsaturated/α-hetero) is 1. The molecule has 1 aromatic carbocycles. The summed E-state index contributed by atoms with van der Waals surface area (Å²) in [7, 11) is 0. The van der Waals surface area contributed by atoms with E-state index in [0.717, 1.165) is 10.4 Å². The summed E-state index contributed by atoms with van der Waals surface area (Å²) >= 11 is 1.39. The van der Waals surface area contributed by atoms with Crippen LogP contribution in [0, 0.1) is 5.82 Å². The molecule has 4 heterocycles. The van der Waals surface area contributed by atoms with E-state index < -0.39 is 0 Å². The van der Waals surface area contributed by atoms with Crippen LogP contribution in [0.15, 0.2) is 55.1 Å². The monoisotopic (exact) mass is 447 g/mol. The van der Waals surface area contributed by atoms with Crippen molar-refractivity contribution in [1.29, 1.82) is 0 Å². The number of fused-ring (bicyclic) bond motifs is 1. The number of halogens is 1. The van der Waals surface area contributed by atoms with Gasteiger partial charge in [-0.15, -0.1) is 16.4 Å². The first-order chi connectivity index (χ1) is 15.4. The largest absolute Gasteiger partial charge is 0.383 e. The molecule has 0 saturated carbocycles. The zero-order valence-electron chi connectivity index (χ0n) is 17.2. The standard InChI is InChI=1S/C22H18FN7OS/c1-12(16-10-30(28-27-16)17-6-4-3-5-15(17)23)29-9-14(19-8-7-18(32-19)13(2)31)20-21(24)25-11-26-22(20)29/h3-12H,1-2H3,(H2,24,25,26). The third kappa shape index (κ3) is 3.25. The summed E-state index contributed by atoms with van der Waals surface area (Å²) in [6.07, 6.45) is 5.03. The zero-order chi connectivity index (χ0) is 22.4. The zero-order valence-corrected chi connectivity index (χ0v) is 18.0. The van der Waals surface area contributed by atoms with Crippen molar-refractivity contribution >= 4 is 34.0 Å². The molecule has 2 N–H and O–H groups in total. The van der Waals surface area contributed by atoms with Crippen LogP contribution in [0.4, 0.5) is 10.2 Å². The number of carbonyl (C=O) groups is 1. The molecule has 0 bridgehead atoms. The molecule has 1 unspecified atom stereocenters. The molecule has 160 valence electrons. The maximum Gasteiger partial charge on any atom is 0.169 e. The maximum absolute atomic E-state index is 14.2. The fraction of sp³-hybridized carbons (Fsp3) is 0.136. The molecule has 8 nitrogen and oxygen atoms in total. The van der Waals surface area contributed by atoms with Gasteiger partial charge in [-0.3, -0.25) is 4.79 Å². The van der Waals surface area contributed by atoms with E-state index in [4.69, 9.17) is 5.73 Å². The molecule has 0 aliphatic heterocycles. The van der Waals surface area contributed by atoms with E-state index in [1.165, 1.54) is 35.3 Å². The Bertz CT molecular complexity index is 1470. The Kier molecular flexibility index (Phi) is 4.78. The topological polar surface area (TPSA) is 105 Å². The number of nitrogens with two attached hydrogens (primary N) is 1. The molecule has 0 radical (unpaired) electrons. The van der Waals surface area contributed by atoms with E-state index in [-0.39, 0.29) is 17.6 Å². The smallest absolute Gasteiger partial charge is 0.169 e. The summed E-state index contributed by atoms with van der Waals surface area (Å²) in [5, 5.41) is 9.06. The number of carbonyl (C=O) groups excluding carboxylic acids is 1. The minimum atomic E-state index is -0.384. The highest BCUT2D eigenvalue weighted by Gasteiger charge is 2.22. The van der Waals surface area contributed by atoms with Crippen molar-refractivity contribution in [2.45, 2.75) is 19.9 Å². The van der Waals surface area contributed by atoms with Crippen molar-refractivity contribution in [3.05, 3.63) is 71.5 Å². The summed E-state index contributed by atoms with van der Waals surface area (Å²) in [5.41, 5.74) is 8.63. The van der Waals surface area contributed by atoms with Gasteiger partial charge in [0.15, 0.2) is 5.78 Å². The van der Waals surface area contributed by atoms with E-state index in [1.807, 2.05) is 23.8 Å². The van der Waals surface area contributed by atoms with Gasteiger partial charge in [0.05, 0.1) is 22.5 Å². The van der Waals surface area contributed by atoms with Crippen LogP contribution in [0.25, 0.3) is 27.2 Å². The summed E-state index contributed by atoms with van der Waals surface area (Å²) in [6, 6.07) is 9.81. The third-order valence-electron chi connectivity index (χ3n) is 5.31. The highest BCUT2D eigenvalue weighted by Crippen LogP contribution is 2.38. The van der Waals surface area contributed by atoms with Crippen molar-refractivity contribution in [3.8, 4) is 16.1 Å². The number of para-hydroxylation sites is 1.